The van der Waals surface area contributed by atoms with Crippen molar-refractivity contribution >= 4 is 10.0 Å². The fourth-order valence-electron chi connectivity index (χ4n) is 2.12. The van der Waals surface area contributed by atoms with Gasteiger partial charge in [0.05, 0.1) is 0 Å². The first kappa shape index (κ1) is 15.3. The number of halogens is 3. The summed E-state index contributed by atoms with van der Waals surface area (Å²) in [5.41, 5.74) is 0. The maximum Gasteiger partial charge on any atom is 0.243 e. The fraction of sp³-hybridized carbons (Fsp3) is 0.500. The number of hydrogen-bond acceptors (Lipinski definition) is 3. The van der Waals surface area contributed by atoms with Crippen LogP contribution in [-0.2, 0) is 10.0 Å². The third-order valence-corrected chi connectivity index (χ3v) is 4.69. The first-order valence-corrected chi connectivity index (χ1v) is 7.74. The molecule has 1 heterocycles. The van der Waals surface area contributed by atoms with Gasteiger partial charge in [-0.05, 0) is 44.0 Å². The standard InChI is InChI=1S/C12H15F3N2O2S/c13-9-3-4-10(12(15)11(9)14)20(18,19)17-7-8-2-1-5-16-6-8/h3-4,8,16-17H,1-2,5-7H2/t8-/m1/s1. The van der Waals surface area contributed by atoms with E-state index in [9.17, 15) is 21.6 Å². The molecule has 0 aliphatic carbocycles. The second kappa shape index (κ2) is 6.11. The highest BCUT2D eigenvalue weighted by molar-refractivity contribution is 7.89. The lowest BCUT2D eigenvalue weighted by Gasteiger charge is -2.22. The molecule has 0 amide bonds. The Morgan fingerprint density at radius 2 is 2.00 bits per heavy atom. The summed E-state index contributed by atoms with van der Waals surface area (Å²) in [5.74, 6) is -4.80. The third kappa shape index (κ3) is 3.31. The molecule has 20 heavy (non-hydrogen) atoms. The minimum atomic E-state index is -4.19. The van der Waals surface area contributed by atoms with Gasteiger partial charge >= 0.3 is 0 Å². The van der Waals surface area contributed by atoms with E-state index >= 15 is 0 Å². The molecular formula is C12H15F3N2O2S. The van der Waals surface area contributed by atoms with E-state index in [0.29, 0.717) is 12.6 Å². The quantitative estimate of drug-likeness (QED) is 0.826. The van der Waals surface area contributed by atoms with Crippen molar-refractivity contribution in [2.45, 2.75) is 17.7 Å². The zero-order chi connectivity index (χ0) is 14.8. The SMILES string of the molecule is O=S(=O)(NC[C@@H]1CCCNC1)c1ccc(F)c(F)c1F. The van der Waals surface area contributed by atoms with Crippen molar-refractivity contribution in [2.75, 3.05) is 19.6 Å². The summed E-state index contributed by atoms with van der Waals surface area (Å²) in [6, 6.07) is 1.31. The highest BCUT2D eigenvalue weighted by atomic mass is 32.2. The van der Waals surface area contributed by atoms with Crippen molar-refractivity contribution in [2.24, 2.45) is 5.92 Å². The Morgan fingerprint density at radius 1 is 1.25 bits per heavy atom. The van der Waals surface area contributed by atoms with Crippen LogP contribution in [0.1, 0.15) is 12.8 Å². The molecule has 1 saturated heterocycles. The van der Waals surface area contributed by atoms with Gasteiger partial charge in [-0.1, -0.05) is 0 Å². The van der Waals surface area contributed by atoms with Crippen LogP contribution in [0.15, 0.2) is 17.0 Å². The molecule has 1 aromatic carbocycles. The second-order valence-corrected chi connectivity index (χ2v) is 6.47. The smallest absolute Gasteiger partial charge is 0.243 e. The summed E-state index contributed by atoms with van der Waals surface area (Å²) in [7, 11) is -4.19. The van der Waals surface area contributed by atoms with E-state index in [0.717, 1.165) is 25.5 Å². The molecule has 1 aromatic rings. The van der Waals surface area contributed by atoms with Gasteiger partial charge in [0, 0.05) is 6.54 Å². The largest absolute Gasteiger partial charge is 0.316 e. The van der Waals surface area contributed by atoms with Crippen molar-refractivity contribution < 1.29 is 21.6 Å². The lowest BCUT2D eigenvalue weighted by Crippen LogP contribution is -2.38. The van der Waals surface area contributed by atoms with Crippen molar-refractivity contribution in [1.82, 2.24) is 10.0 Å². The Morgan fingerprint density at radius 3 is 2.65 bits per heavy atom. The minimum absolute atomic E-state index is 0.104. The molecule has 0 spiro atoms. The molecule has 2 rings (SSSR count). The van der Waals surface area contributed by atoms with Gasteiger partial charge in [0.25, 0.3) is 0 Å². The number of rotatable bonds is 4. The lowest BCUT2D eigenvalue weighted by atomic mass is 10.0. The van der Waals surface area contributed by atoms with Crippen molar-refractivity contribution in [3.63, 3.8) is 0 Å². The van der Waals surface area contributed by atoms with E-state index in [1.165, 1.54) is 0 Å². The van der Waals surface area contributed by atoms with Gasteiger partial charge in [0.1, 0.15) is 4.90 Å². The highest BCUT2D eigenvalue weighted by Crippen LogP contribution is 2.20. The maximum absolute atomic E-state index is 13.5. The van der Waals surface area contributed by atoms with E-state index < -0.39 is 32.4 Å². The molecule has 1 aliphatic heterocycles. The number of nitrogens with one attached hydrogen (secondary N) is 2. The Balaban J connectivity index is 2.12. The molecule has 0 bridgehead atoms. The summed E-state index contributed by atoms with van der Waals surface area (Å²) < 4.78 is 65.4. The maximum atomic E-state index is 13.5. The summed E-state index contributed by atoms with van der Waals surface area (Å²) >= 11 is 0. The molecule has 0 saturated carbocycles. The Bertz CT molecular complexity index is 587. The third-order valence-electron chi connectivity index (χ3n) is 3.25. The van der Waals surface area contributed by atoms with Crippen LogP contribution in [0.2, 0.25) is 0 Å². The van der Waals surface area contributed by atoms with E-state index in [1.807, 2.05) is 0 Å². The van der Waals surface area contributed by atoms with Gasteiger partial charge in [0.2, 0.25) is 10.0 Å². The summed E-state index contributed by atoms with van der Waals surface area (Å²) in [5, 5.41) is 3.12. The van der Waals surface area contributed by atoms with Gasteiger partial charge in [-0.2, -0.15) is 0 Å². The Labute approximate surface area is 115 Å². The molecule has 0 unspecified atom stereocenters. The molecule has 112 valence electrons. The zero-order valence-corrected chi connectivity index (χ0v) is 11.4. The second-order valence-electron chi connectivity index (χ2n) is 4.74. The van der Waals surface area contributed by atoms with E-state index in [-0.39, 0.29) is 12.5 Å². The van der Waals surface area contributed by atoms with Crippen molar-refractivity contribution in [1.29, 1.82) is 0 Å². The van der Waals surface area contributed by atoms with E-state index in [4.69, 9.17) is 0 Å². The number of benzene rings is 1. The van der Waals surface area contributed by atoms with Crippen LogP contribution in [0.3, 0.4) is 0 Å². The molecule has 4 nitrogen and oxygen atoms in total. The zero-order valence-electron chi connectivity index (χ0n) is 10.6. The number of sulfonamides is 1. The fourth-order valence-corrected chi connectivity index (χ4v) is 3.30. The Hall–Kier alpha value is -1.12. The highest BCUT2D eigenvalue weighted by Gasteiger charge is 2.25. The van der Waals surface area contributed by atoms with Crippen molar-refractivity contribution in [3.05, 3.63) is 29.6 Å². The monoisotopic (exact) mass is 308 g/mol. The van der Waals surface area contributed by atoms with Crippen LogP contribution >= 0.6 is 0 Å². The minimum Gasteiger partial charge on any atom is -0.316 e. The molecule has 1 aliphatic rings. The topological polar surface area (TPSA) is 58.2 Å². The van der Waals surface area contributed by atoms with Gasteiger partial charge in [0.15, 0.2) is 17.5 Å². The van der Waals surface area contributed by atoms with Gasteiger partial charge in [-0.3, -0.25) is 0 Å². The van der Waals surface area contributed by atoms with Crippen LogP contribution in [-0.4, -0.2) is 28.1 Å². The lowest BCUT2D eigenvalue weighted by molar-refractivity contribution is 0.375. The predicted molar refractivity (Wildman–Crippen MR) is 67.1 cm³/mol. The summed E-state index contributed by atoms with van der Waals surface area (Å²) in [6.45, 7) is 1.69. The molecule has 1 fully saturated rings. The van der Waals surface area contributed by atoms with E-state index in [1.54, 1.807) is 0 Å². The molecular weight excluding hydrogens is 293 g/mol. The first-order chi connectivity index (χ1) is 9.42. The van der Waals surface area contributed by atoms with Crippen LogP contribution in [0.5, 0.6) is 0 Å². The van der Waals surface area contributed by atoms with Crippen LogP contribution < -0.4 is 10.0 Å². The molecule has 0 aromatic heterocycles. The van der Waals surface area contributed by atoms with Crippen molar-refractivity contribution in [3.8, 4) is 0 Å². The normalized spacial score (nSPS) is 20.1. The summed E-state index contributed by atoms with van der Waals surface area (Å²) in [6.07, 6.45) is 1.79. The molecule has 2 N–H and O–H groups in total. The van der Waals surface area contributed by atoms with Crippen LogP contribution in [0.25, 0.3) is 0 Å². The van der Waals surface area contributed by atoms with Crippen LogP contribution in [0.4, 0.5) is 13.2 Å². The van der Waals surface area contributed by atoms with Gasteiger partial charge < -0.3 is 5.32 Å². The van der Waals surface area contributed by atoms with Crippen LogP contribution in [0, 0.1) is 23.4 Å². The molecule has 0 radical (unpaired) electrons. The van der Waals surface area contributed by atoms with E-state index in [2.05, 4.69) is 10.0 Å². The van der Waals surface area contributed by atoms with Gasteiger partial charge in [-0.15, -0.1) is 0 Å². The molecule has 1 atom stereocenters. The average molecular weight is 308 g/mol. The number of hydrogen-bond donors (Lipinski definition) is 2. The number of piperidine rings is 1. The van der Waals surface area contributed by atoms with Gasteiger partial charge in [-0.25, -0.2) is 26.3 Å². The average Bonchev–Trinajstić information content (AvgIpc) is 2.44. The predicted octanol–water partition coefficient (Wildman–Crippen LogP) is 1.38. The molecule has 8 heteroatoms. The first-order valence-electron chi connectivity index (χ1n) is 6.25. The summed E-state index contributed by atoms with van der Waals surface area (Å²) in [4.78, 5) is -0.875. The Kier molecular flexibility index (Phi) is 4.66.